The van der Waals surface area contributed by atoms with Crippen molar-refractivity contribution in [2.24, 2.45) is 11.5 Å². The quantitative estimate of drug-likeness (QED) is 0.228. The van der Waals surface area contributed by atoms with Crippen LogP contribution in [-0.2, 0) is 19.2 Å². The fourth-order valence-electron chi connectivity index (χ4n) is 1.40. The SMILES string of the molecule is N[C@@H](CCC(=O)NCCNC(=O)CC[C@H](N)C(=O)O)C(=O)O. The summed E-state index contributed by atoms with van der Waals surface area (Å²) >= 11 is 0. The van der Waals surface area contributed by atoms with Gasteiger partial charge in [-0.15, -0.1) is 0 Å². The smallest absolute Gasteiger partial charge is 0.320 e. The zero-order valence-corrected chi connectivity index (χ0v) is 12.1. The van der Waals surface area contributed by atoms with Crippen LogP contribution in [0.3, 0.4) is 0 Å². The number of hydrogen-bond acceptors (Lipinski definition) is 6. The number of carbonyl (C=O) groups excluding carboxylic acids is 2. The molecule has 2 atom stereocenters. The Hall–Kier alpha value is -2.20. The molecule has 10 heteroatoms. The molecule has 0 fully saturated rings. The first kappa shape index (κ1) is 19.8. The van der Waals surface area contributed by atoms with Crippen LogP contribution in [0, 0.1) is 0 Å². The summed E-state index contributed by atoms with van der Waals surface area (Å²) in [5, 5.41) is 22.1. The van der Waals surface area contributed by atoms with Crippen LogP contribution in [0.5, 0.6) is 0 Å². The Balaban J connectivity index is 3.67. The Kier molecular flexibility index (Phi) is 9.46. The predicted octanol–water partition coefficient (Wildman–Crippen LogP) is -2.40. The molecule has 0 aliphatic carbocycles. The lowest BCUT2D eigenvalue weighted by Crippen LogP contribution is -2.37. The van der Waals surface area contributed by atoms with Crippen molar-refractivity contribution in [2.75, 3.05) is 13.1 Å². The lowest BCUT2D eigenvalue weighted by molar-refractivity contribution is -0.140. The van der Waals surface area contributed by atoms with Gasteiger partial charge in [0.05, 0.1) is 0 Å². The molecule has 0 rings (SSSR count). The summed E-state index contributed by atoms with van der Waals surface area (Å²) in [5.41, 5.74) is 10.5. The molecule has 0 heterocycles. The standard InChI is InChI=1S/C12H22N4O6/c13-7(11(19)20)1-3-9(17)15-5-6-16-10(18)4-2-8(14)12(21)22/h7-8H,1-6,13-14H2,(H,15,17)(H,16,18)(H,19,20)(H,21,22)/t7-,8-/m0/s1. The molecule has 0 saturated heterocycles. The highest BCUT2D eigenvalue weighted by Crippen LogP contribution is 1.95. The molecular weight excluding hydrogens is 296 g/mol. The third-order valence-electron chi connectivity index (χ3n) is 2.77. The summed E-state index contributed by atoms with van der Waals surface area (Å²) < 4.78 is 0. The molecule has 0 bridgehead atoms. The normalized spacial score (nSPS) is 13.0. The van der Waals surface area contributed by atoms with E-state index in [0.29, 0.717) is 0 Å². The summed E-state index contributed by atoms with van der Waals surface area (Å²) in [7, 11) is 0. The molecule has 0 aromatic rings. The Morgan fingerprint density at radius 1 is 0.773 bits per heavy atom. The van der Waals surface area contributed by atoms with E-state index in [1.807, 2.05) is 0 Å². The number of carbonyl (C=O) groups is 4. The van der Waals surface area contributed by atoms with Gasteiger partial charge >= 0.3 is 11.9 Å². The van der Waals surface area contributed by atoms with Gasteiger partial charge < -0.3 is 32.3 Å². The van der Waals surface area contributed by atoms with E-state index in [2.05, 4.69) is 10.6 Å². The van der Waals surface area contributed by atoms with E-state index in [4.69, 9.17) is 21.7 Å². The van der Waals surface area contributed by atoms with Crippen molar-refractivity contribution in [1.29, 1.82) is 0 Å². The van der Waals surface area contributed by atoms with Crippen LogP contribution < -0.4 is 22.1 Å². The number of hydrogen-bond donors (Lipinski definition) is 6. The van der Waals surface area contributed by atoms with Gasteiger partial charge in [0, 0.05) is 25.9 Å². The molecule has 8 N–H and O–H groups in total. The molecule has 0 radical (unpaired) electrons. The van der Waals surface area contributed by atoms with Crippen LogP contribution in [0.1, 0.15) is 25.7 Å². The average molecular weight is 318 g/mol. The lowest BCUT2D eigenvalue weighted by atomic mass is 10.1. The monoisotopic (exact) mass is 318 g/mol. The van der Waals surface area contributed by atoms with Crippen LogP contribution in [-0.4, -0.2) is 59.1 Å². The second-order valence-corrected chi connectivity index (χ2v) is 4.67. The molecule has 0 aromatic heterocycles. The third-order valence-corrected chi connectivity index (χ3v) is 2.77. The van der Waals surface area contributed by atoms with Gasteiger partial charge in [-0.2, -0.15) is 0 Å². The van der Waals surface area contributed by atoms with E-state index in [1.165, 1.54) is 0 Å². The molecule has 126 valence electrons. The minimum Gasteiger partial charge on any atom is -0.480 e. The molecule has 0 aliphatic rings. The maximum absolute atomic E-state index is 11.4. The second kappa shape index (κ2) is 10.5. The number of carboxylic acid groups (broad SMARTS) is 2. The molecule has 10 nitrogen and oxygen atoms in total. The Morgan fingerprint density at radius 3 is 1.36 bits per heavy atom. The largest absolute Gasteiger partial charge is 0.480 e. The first-order valence-electron chi connectivity index (χ1n) is 6.74. The molecular formula is C12H22N4O6. The zero-order valence-electron chi connectivity index (χ0n) is 12.1. The van der Waals surface area contributed by atoms with Gasteiger partial charge in [-0.1, -0.05) is 0 Å². The second-order valence-electron chi connectivity index (χ2n) is 4.67. The fraction of sp³-hybridized carbons (Fsp3) is 0.667. The lowest BCUT2D eigenvalue weighted by Gasteiger charge is -2.09. The number of carboxylic acids is 2. The third kappa shape index (κ3) is 9.66. The number of aliphatic carboxylic acids is 2. The maximum Gasteiger partial charge on any atom is 0.320 e. The van der Waals surface area contributed by atoms with Gasteiger partial charge in [0.25, 0.3) is 0 Å². The molecule has 0 aliphatic heterocycles. The maximum atomic E-state index is 11.4. The van der Waals surface area contributed by atoms with Crippen molar-refractivity contribution in [3.63, 3.8) is 0 Å². The van der Waals surface area contributed by atoms with E-state index < -0.39 is 24.0 Å². The fourth-order valence-corrected chi connectivity index (χ4v) is 1.40. The van der Waals surface area contributed by atoms with Crippen molar-refractivity contribution < 1.29 is 29.4 Å². The highest BCUT2D eigenvalue weighted by atomic mass is 16.4. The van der Waals surface area contributed by atoms with E-state index in [-0.39, 0.29) is 50.6 Å². The Bertz CT molecular complexity index is 376. The van der Waals surface area contributed by atoms with E-state index in [9.17, 15) is 19.2 Å². The Morgan fingerprint density at radius 2 is 1.09 bits per heavy atom. The van der Waals surface area contributed by atoms with Crippen LogP contribution in [0.4, 0.5) is 0 Å². The first-order chi connectivity index (χ1) is 10.2. The van der Waals surface area contributed by atoms with E-state index >= 15 is 0 Å². The van der Waals surface area contributed by atoms with Gasteiger partial charge in [0.2, 0.25) is 11.8 Å². The van der Waals surface area contributed by atoms with Gasteiger partial charge in [-0.3, -0.25) is 19.2 Å². The average Bonchev–Trinajstić information content (AvgIpc) is 2.46. The van der Waals surface area contributed by atoms with Crippen LogP contribution in [0.15, 0.2) is 0 Å². The number of nitrogens with one attached hydrogen (secondary N) is 2. The minimum absolute atomic E-state index is 0.0190. The summed E-state index contributed by atoms with van der Waals surface area (Å²) in [6, 6.07) is -2.16. The van der Waals surface area contributed by atoms with Gasteiger partial charge in [-0.05, 0) is 12.8 Å². The van der Waals surface area contributed by atoms with Gasteiger partial charge in [0.1, 0.15) is 12.1 Å². The number of amides is 2. The summed E-state index contributed by atoms with van der Waals surface area (Å²) in [6.45, 7) is 0.357. The van der Waals surface area contributed by atoms with Crippen molar-refractivity contribution in [1.82, 2.24) is 10.6 Å². The van der Waals surface area contributed by atoms with Gasteiger partial charge in [0.15, 0.2) is 0 Å². The zero-order chi connectivity index (χ0) is 17.1. The van der Waals surface area contributed by atoms with E-state index in [0.717, 1.165) is 0 Å². The van der Waals surface area contributed by atoms with Gasteiger partial charge in [-0.25, -0.2) is 0 Å². The molecule has 0 aromatic carbocycles. The summed E-state index contributed by atoms with van der Waals surface area (Å²) in [6.07, 6.45) is 0.0188. The molecule has 0 spiro atoms. The van der Waals surface area contributed by atoms with Crippen LogP contribution in [0.2, 0.25) is 0 Å². The van der Waals surface area contributed by atoms with Crippen molar-refractivity contribution in [3.05, 3.63) is 0 Å². The number of rotatable bonds is 11. The van der Waals surface area contributed by atoms with Crippen molar-refractivity contribution in [2.45, 2.75) is 37.8 Å². The predicted molar refractivity (Wildman–Crippen MR) is 75.7 cm³/mol. The first-order valence-corrected chi connectivity index (χ1v) is 6.74. The van der Waals surface area contributed by atoms with E-state index in [1.54, 1.807) is 0 Å². The number of nitrogens with two attached hydrogens (primary N) is 2. The summed E-state index contributed by atoms with van der Waals surface area (Å²) in [5.74, 6) is -3.06. The topological polar surface area (TPSA) is 185 Å². The molecule has 0 unspecified atom stereocenters. The highest BCUT2D eigenvalue weighted by Gasteiger charge is 2.14. The van der Waals surface area contributed by atoms with Crippen LogP contribution in [0.25, 0.3) is 0 Å². The van der Waals surface area contributed by atoms with Crippen molar-refractivity contribution >= 4 is 23.8 Å². The molecule has 0 saturated carbocycles. The molecule has 22 heavy (non-hydrogen) atoms. The minimum atomic E-state index is -1.17. The summed E-state index contributed by atoms with van der Waals surface area (Å²) in [4.78, 5) is 43.6. The van der Waals surface area contributed by atoms with Crippen LogP contribution >= 0.6 is 0 Å². The molecule has 2 amide bonds. The van der Waals surface area contributed by atoms with Crippen molar-refractivity contribution in [3.8, 4) is 0 Å². The highest BCUT2D eigenvalue weighted by molar-refractivity contribution is 5.79. The Labute approximate surface area is 127 Å².